The molecule has 11 heteroatoms. The Hall–Kier alpha value is -2.99. The lowest BCUT2D eigenvalue weighted by molar-refractivity contribution is -0.0511. The molecule has 29 heavy (non-hydrogen) atoms. The number of aromatic hydroxyl groups is 2. The van der Waals surface area contributed by atoms with Gasteiger partial charge in [-0.1, -0.05) is 6.07 Å². The second kappa shape index (κ2) is 7.79. The highest BCUT2D eigenvalue weighted by Crippen LogP contribution is 2.32. The number of benzene rings is 1. The third-order valence-corrected chi connectivity index (χ3v) is 4.90. The van der Waals surface area contributed by atoms with E-state index in [9.17, 15) is 25.5 Å². The zero-order valence-electron chi connectivity index (χ0n) is 15.3. The van der Waals surface area contributed by atoms with Crippen molar-refractivity contribution in [2.24, 2.45) is 0 Å². The van der Waals surface area contributed by atoms with Crippen LogP contribution < -0.4 is 5.32 Å². The summed E-state index contributed by atoms with van der Waals surface area (Å²) in [7, 11) is 0. The summed E-state index contributed by atoms with van der Waals surface area (Å²) in [6, 6.07) is 4.63. The van der Waals surface area contributed by atoms with Gasteiger partial charge in [0.25, 0.3) is 0 Å². The Balaban J connectivity index is 1.51. The predicted molar refractivity (Wildman–Crippen MR) is 100 cm³/mol. The minimum absolute atomic E-state index is 0.172. The number of phenols is 2. The van der Waals surface area contributed by atoms with Crippen LogP contribution in [-0.2, 0) is 11.2 Å². The van der Waals surface area contributed by atoms with Gasteiger partial charge in [0.1, 0.15) is 24.6 Å². The highest BCUT2D eigenvalue weighted by Gasteiger charge is 2.44. The van der Waals surface area contributed by atoms with Crippen molar-refractivity contribution in [3.05, 3.63) is 36.4 Å². The zero-order chi connectivity index (χ0) is 20.5. The molecular formula is C18H21N5O6. The van der Waals surface area contributed by atoms with E-state index >= 15 is 0 Å². The summed E-state index contributed by atoms with van der Waals surface area (Å²) >= 11 is 0. The Morgan fingerprint density at radius 1 is 1.07 bits per heavy atom. The van der Waals surface area contributed by atoms with Crippen LogP contribution in [0.1, 0.15) is 11.8 Å². The van der Waals surface area contributed by atoms with Crippen LogP contribution in [0.2, 0.25) is 0 Å². The van der Waals surface area contributed by atoms with E-state index in [0.29, 0.717) is 29.9 Å². The number of nitrogens with one attached hydrogen (secondary N) is 1. The van der Waals surface area contributed by atoms with Gasteiger partial charge in [0, 0.05) is 6.54 Å². The number of aromatic nitrogens is 4. The molecule has 0 bridgehead atoms. The van der Waals surface area contributed by atoms with Gasteiger partial charge in [0.15, 0.2) is 34.7 Å². The van der Waals surface area contributed by atoms with Crippen molar-refractivity contribution in [1.82, 2.24) is 19.5 Å². The van der Waals surface area contributed by atoms with Crippen molar-refractivity contribution in [2.45, 2.75) is 31.0 Å². The lowest BCUT2D eigenvalue weighted by Crippen LogP contribution is -2.33. The normalized spacial score (nSPS) is 24.2. The molecule has 0 saturated carbocycles. The molecule has 0 aliphatic carbocycles. The molecule has 2 aromatic heterocycles. The summed E-state index contributed by atoms with van der Waals surface area (Å²) in [5.41, 5.74) is 1.69. The van der Waals surface area contributed by atoms with Gasteiger partial charge in [-0.25, -0.2) is 15.0 Å². The van der Waals surface area contributed by atoms with E-state index in [4.69, 9.17) is 4.74 Å². The molecule has 154 valence electrons. The average molecular weight is 403 g/mol. The van der Waals surface area contributed by atoms with E-state index in [1.807, 2.05) is 0 Å². The highest BCUT2D eigenvalue weighted by atomic mass is 16.6. The third kappa shape index (κ3) is 3.56. The van der Waals surface area contributed by atoms with Gasteiger partial charge in [0.2, 0.25) is 0 Å². The van der Waals surface area contributed by atoms with E-state index in [1.165, 1.54) is 29.4 Å². The van der Waals surface area contributed by atoms with Crippen LogP contribution in [0, 0.1) is 0 Å². The maximum absolute atomic E-state index is 10.2. The first kappa shape index (κ1) is 19.3. The molecular weight excluding hydrogens is 382 g/mol. The first-order chi connectivity index (χ1) is 14.0. The molecule has 0 unspecified atom stereocenters. The second-order valence-corrected chi connectivity index (χ2v) is 6.78. The second-order valence-electron chi connectivity index (χ2n) is 6.78. The van der Waals surface area contributed by atoms with Gasteiger partial charge in [-0.15, -0.1) is 0 Å². The molecule has 0 spiro atoms. The maximum atomic E-state index is 10.2. The van der Waals surface area contributed by atoms with E-state index < -0.39 is 31.1 Å². The molecule has 3 aromatic rings. The molecule has 1 aliphatic rings. The summed E-state index contributed by atoms with van der Waals surface area (Å²) in [4.78, 5) is 12.7. The number of ether oxygens (including phenoxy) is 1. The maximum Gasteiger partial charge on any atom is 0.167 e. The minimum atomic E-state index is -1.24. The number of anilines is 1. The third-order valence-electron chi connectivity index (χ3n) is 4.90. The molecule has 1 aromatic carbocycles. The fourth-order valence-corrected chi connectivity index (χ4v) is 3.33. The molecule has 11 nitrogen and oxygen atoms in total. The van der Waals surface area contributed by atoms with Gasteiger partial charge in [-0.05, 0) is 24.1 Å². The Bertz CT molecular complexity index is 1010. The van der Waals surface area contributed by atoms with Gasteiger partial charge in [-0.2, -0.15) is 0 Å². The van der Waals surface area contributed by atoms with Gasteiger partial charge >= 0.3 is 0 Å². The largest absolute Gasteiger partial charge is 0.504 e. The fourth-order valence-electron chi connectivity index (χ4n) is 3.33. The van der Waals surface area contributed by atoms with Gasteiger partial charge in [-0.3, -0.25) is 4.57 Å². The average Bonchev–Trinajstić information content (AvgIpc) is 3.26. The monoisotopic (exact) mass is 403 g/mol. The predicted octanol–water partition coefficient (Wildman–Crippen LogP) is -0.496. The molecule has 1 saturated heterocycles. The van der Waals surface area contributed by atoms with Crippen LogP contribution in [0.25, 0.3) is 11.2 Å². The number of hydrogen-bond acceptors (Lipinski definition) is 10. The zero-order valence-corrected chi connectivity index (χ0v) is 15.3. The summed E-state index contributed by atoms with van der Waals surface area (Å²) in [6.07, 6.45) is -0.945. The van der Waals surface area contributed by atoms with Crippen molar-refractivity contribution in [3.63, 3.8) is 0 Å². The summed E-state index contributed by atoms with van der Waals surface area (Å²) < 4.78 is 7.03. The van der Waals surface area contributed by atoms with Crippen molar-refractivity contribution in [3.8, 4) is 11.5 Å². The Morgan fingerprint density at radius 3 is 2.62 bits per heavy atom. The molecule has 6 N–H and O–H groups in total. The van der Waals surface area contributed by atoms with Crippen LogP contribution in [0.15, 0.2) is 30.9 Å². The molecule has 0 radical (unpaired) electrons. The number of aliphatic hydroxyl groups is 3. The number of phenolic OH excluding ortho intramolecular Hbond substituents is 2. The number of hydrogen-bond donors (Lipinski definition) is 6. The molecule has 0 amide bonds. The number of fused-ring (bicyclic) bond motifs is 1. The molecule has 1 fully saturated rings. The van der Waals surface area contributed by atoms with Crippen molar-refractivity contribution >= 4 is 17.0 Å². The Morgan fingerprint density at radius 2 is 1.90 bits per heavy atom. The SMILES string of the molecule is OC[C@H]1O[C@@H](n2cnc3c(NCCc4ccc(O)c(O)c4)ncnc32)[C@H](O)[C@@H]1O. The van der Waals surface area contributed by atoms with Gasteiger partial charge < -0.3 is 35.6 Å². The first-order valence-electron chi connectivity index (χ1n) is 9.04. The number of imidazole rings is 1. The lowest BCUT2D eigenvalue weighted by atomic mass is 10.1. The summed E-state index contributed by atoms with van der Waals surface area (Å²) in [5.74, 6) is 0.127. The standard InChI is InChI=1S/C18H21N5O6/c24-6-12-14(27)15(28)18(29-12)23-8-22-13-16(20-7-21-17(13)23)19-4-3-9-1-2-10(25)11(26)5-9/h1-2,5,7-8,12,14-15,18,24-28H,3-4,6H2,(H,19,20,21)/t12-,14-,15-,18-/m1/s1. The minimum Gasteiger partial charge on any atom is -0.504 e. The summed E-state index contributed by atoms with van der Waals surface area (Å²) in [5, 5.41) is 51.6. The molecule has 3 heterocycles. The number of rotatable bonds is 6. The van der Waals surface area contributed by atoms with E-state index in [2.05, 4.69) is 20.3 Å². The smallest absolute Gasteiger partial charge is 0.167 e. The van der Waals surface area contributed by atoms with Crippen LogP contribution in [0.5, 0.6) is 11.5 Å². The van der Waals surface area contributed by atoms with Crippen LogP contribution in [-0.4, -0.2) is 76.5 Å². The number of aliphatic hydroxyl groups excluding tert-OH is 3. The molecule has 4 atom stereocenters. The summed E-state index contributed by atoms with van der Waals surface area (Å²) in [6.45, 7) is 0.0625. The molecule has 1 aliphatic heterocycles. The quantitative estimate of drug-likeness (QED) is 0.295. The van der Waals surface area contributed by atoms with Crippen molar-refractivity contribution < 1.29 is 30.3 Å². The van der Waals surface area contributed by atoms with Crippen molar-refractivity contribution in [1.29, 1.82) is 0 Å². The lowest BCUT2D eigenvalue weighted by Gasteiger charge is -2.16. The fraction of sp³-hybridized carbons (Fsp3) is 0.389. The van der Waals surface area contributed by atoms with E-state index in [-0.39, 0.29) is 11.5 Å². The van der Waals surface area contributed by atoms with Crippen LogP contribution >= 0.6 is 0 Å². The van der Waals surface area contributed by atoms with E-state index in [0.717, 1.165) is 5.56 Å². The topological polar surface area (TPSA) is 166 Å². The van der Waals surface area contributed by atoms with Crippen LogP contribution in [0.4, 0.5) is 5.82 Å². The highest BCUT2D eigenvalue weighted by molar-refractivity contribution is 5.82. The molecule has 4 rings (SSSR count). The van der Waals surface area contributed by atoms with Crippen LogP contribution in [0.3, 0.4) is 0 Å². The number of nitrogens with zero attached hydrogens (tertiary/aromatic N) is 4. The van der Waals surface area contributed by atoms with Gasteiger partial charge in [0.05, 0.1) is 12.9 Å². The van der Waals surface area contributed by atoms with E-state index in [1.54, 1.807) is 6.07 Å². The first-order valence-corrected chi connectivity index (χ1v) is 9.04. The Kier molecular flexibility index (Phi) is 5.20. The Labute approximate surface area is 164 Å². The van der Waals surface area contributed by atoms with Crippen molar-refractivity contribution in [2.75, 3.05) is 18.5 Å².